The van der Waals surface area contributed by atoms with Crippen LogP contribution in [-0.4, -0.2) is 39.4 Å². The zero-order valence-electron chi connectivity index (χ0n) is 14.2. The minimum atomic E-state index is -0.383. The molecular weight excluding hydrogens is 322 g/mol. The van der Waals surface area contributed by atoms with Crippen LogP contribution in [-0.2, 0) is 23.8 Å². The van der Waals surface area contributed by atoms with Crippen molar-refractivity contribution in [1.29, 1.82) is 0 Å². The lowest BCUT2D eigenvalue weighted by Crippen LogP contribution is -2.48. The van der Waals surface area contributed by atoms with Gasteiger partial charge in [-0.25, -0.2) is 9.97 Å². The third kappa shape index (κ3) is 2.57. The Hall–Kier alpha value is -1.99. The van der Waals surface area contributed by atoms with Crippen molar-refractivity contribution in [3.8, 4) is 0 Å². The van der Waals surface area contributed by atoms with Crippen molar-refractivity contribution < 1.29 is 4.74 Å². The molecule has 0 aromatic carbocycles. The van der Waals surface area contributed by atoms with Crippen LogP contribution in [0.1, 0.15) is 25.2 Å². The molecule has 0 bridgehead atoms. The Labute approximate surface area is 145 Å². The molecule has 1 aliphatic rings. The fourth-order valence-electron chi connectivity index (χ4n) is 3.20. The number of morpholine rings is 1. The number of ether oxygens (including phenoxy) is 1. The minimum absolute atomic E-state index is 0.383. The molecule has 24 heavy (non-hydrogen) atoms. The van der Waals surface area contributed by atoms with Gasteiger partial charge in [-0.05, 0) is 18.4 Å². The second-order valence-electron chi connectivity index (χ2n) is 6.36. The van der Waals surface area contributed by atoms with Gasteiger partial charge in [0.1, 0.15) is 22.1 Å². The summed E-state index contributed by atoms with van der Waals surface area (Å²) in [6.45, 7) is 6.48. The summed E-state index contributed by atoms with van der Waals surface area (Å²) in [5.74, 6) is 1.92. The van der Waals surface area contributed by atoms with Crippen molar-refractivity contribution in [3.63, 3.8) is 0 Å². The number of nitrogens with zero attached hydrogens (tertiary/aromatic N) is 5. The summed E-state index contributed by atoms with van der Waals surface area (Å²) in [5, 5.41) is 7.52. The van der Waals surface area contributed by atoms with E-state index in [1.54, 1.807) is 11.3 Å². The Morgan fingerprint density at radius 3 is 3.00 bits per heavy atom. The van der Waals surface area contributed by atoms with E-state index < -0.39 is 0 Å². The van der Waals surface area contributed by atoms with Gasteiger partial charge in [-0.15, -0.1) is 11.3 Å². The molecule has 1 aliphatic heterocycles. The lowest BCUT2D eigenvalue weighted by molar-refractivity contribution is -0.0467. The lowest BCUT2D eigenvalue weighted by atomic mass is 9.97. The third-order valence-corrected chi connectivity index (χ3v) is 5.36. The second-order valence-corrected chi connectivity index (χ2v) is 7.25. The standard InChI is InChI=1S/C17H21N5OS/c1-4-14-19-15(13-5-8-24-16(13)20-14)22-6-7-23-17(2,11-22)12-9-18-21(3)10-12/h5,8-10H,4,6-7,11H2,1-3H3. The quantitative estimate of drug-likeness (QED) is 0.732. The van der Waals surface area contributed by atoms with E-state index in [9.17, 15) is 0 Å². The molecule has 126 valence electrons. The molecule has 0 saturated carbocycles. The first-order valence-corrected chi connectivity index (χ1v) is 9.09. The first-order valence-electron chi connectivity index (χ1n) is 8.21. The molecule has 7 heteroatoms. The molecule has 4 rings (SSSR count). The summed E-state index contributed by atoms with van der Waals surface area (Å²) < 4.78 is 7.95. The highest BCUT2D eigenvalue weighted by molar-refractivity contribution is 7.16. The van der Waals surface area contributed by atoms with Gasteiger partial charge in [0, 0.05) is 31.8 Å². The van der Waals surface area contributed by atoms with Gasteiger partial charge in [0.2, 0.25) is 0 Å². The maximum Gasteiger partial charge on any atom is 0.141 e. The van der Waals surface area contributed by atoms with Crippen molar-refractivity contribution in [2.75, 3.05) is 24.6 Å². The Bertz CT molecular complexity index is 873. The molecule has 0 aliphatic carbocycles. The van der Waals surface area contributed by atoms with E-state index in [1.807, 2.05) is 24.1 Å². The van der Waals surface area contributed by atoms with Crippen LogP contribution in [0.5, 0.6) is 0 Å². The molecule has 0 N–H and O–H groups in total. The summed E-state index contributed by atoms with van der Waals surface area (Å²) in [7, 11) is 1.93. The number of fused-ring (bicyclic) bond motifs is 1. The first-order chi connectivity index (χ1) is 11.6. The van der Waals surface area contributed by atoms with E-state index in [0.29, 0.717) is 6.61 Å². The number of thiophene rings is 1. The summed E-state index contributed by atoms with van der Waals surface area (Å²) in [5.41, 5.74) is 0.715. The average Bonchev–Trinajstić information content (AvgIpc) is 3.22. The van der Waals surface area contributed by atoms with Crippen LogP contribution in [0.2, 0.25) is 0 Å². The molecule has 0 spiro atoms. The Balaban J connectivity index is 1.73. The number of rotatable bonds is 3. The van der Waals surface area contributed by atoms with E-state index in [4.69, 9.17) is 9.72 Å². The first kappa shape index (κ1) is 15.5. The van der Waals surface area contributed by atoms with Gasteiger partial charge in [-0.1, -0.05) is 6.92 Å². The Kier molecular flexibility index (Phi) is 3.77. The fraction of sp³-hybridized carbons (Fsp3) is 0.471. The normalized spacial score (nSPS) is 21.5. The molecule has 1 saturated heterocycles. The zero-order chi connectivity index (χ0) is 16.7. The van der Waals surface area contributed by atoms with Crippen LogP contribution < -0.4 is 4.90 Å². The van der Waals surface area contributed by atoms with E-state index in [-0.39, 0.29) is 5.60 Å². The summed E-state index contributed by atoms with van der Waals surface area (Å²) in [4.78, 5) is 12.9. The van der Waals surface area contributed by atoms with Crippen LogP contribution in [0, 0.1) is 0 Å². The molecule has 3 aromatic rings. The van der Waals surface area contributed by atoms with Gasteiger partial charge < -0.3 is 9.64 Å². The van der Waals surface area contributed by atoms with Gasteiger partial charge in [-0.2, -0.15) is 5.10 Å². The summed E-state index contributed by atoms with van der Waals surface area (Å²) in [6, 6.07) is 2.12. The monoisotopic (exact) mass is 343 g/mol. The fourth-order valence-corrected chi connectivity index (χ4v) is 3.98. The van der Waals surface area contributed by atoms with E-state index >= 15 is 0 Å². The molecule has 0 amide bonds. The summed E-state index contributed by atoms with van der Waals surface area (Å²) >= 11 is 1.67. The largest absolute Gasteiger partial charge is 0.367 e. The molecule has 6 nitrogen and oxygen atoms in total. The second kappa shape index (κ2) is 5.82. The lowest BCUT2D eigenvalue weighted by Gasteiger charge is -2.40. The smallest absolute Gasteiger partial charge is 0.141 e. The number of aromatic nitrogens is 4. The highest BCUT2D eigenvalue weighted by Gasteiger charge is 2.36. The molecule has 4 heterocycles. The van der Waals surface area contributed by atoms with Crippen molar-refractivity contribution in [1.82, 2.24) is 19.7 Å². The topological polar surface area (TPSA) is 56.1 Å². The Morgan fingerprint density at radius 1 is 1.38 bits per heavy atom. The van der Waals surface area contributed by atoms with Crippen molar-refractivity contribution >= 4 is 27.4 Å². The van der Waals surface area contributed by atoms with Gasteiger partial charge in [0.15, 0.2) is 0 Å². The highest BCUT2D eigenvalue weighted by atomic mass is 32.1. The Morgan fingerprint density at radius 2 is 2.25 bits per heavy atom. The van der Waals surface area contributed by atoms with Crippen LogP contribution in [0.3, 0.4) is 0 Å². The summed E-state index contributed by atoms with van der Waals surface area (Å²) in [6.07, 6.45) is 4.76. The molecule has 1 unspecified atom stereocenters. The van der Waals surface area contributed by atoms with Crippen LogP contribution in [0.4, 0.5) is 5.82 Å². The van der Waals surface area contributed by atoms with Gasteiger partial charge in [0.25, 0.3) is 0 Å². The molecular formula is C17H21N5OS. The minimum Gasteiger partial charge on any atom is -0.367 e. The zero-order valence-corrected chi connectivity index (χ0v) is 15.0. The molecule has 1 atom stereocenters. The van der Waals surface area contributed by atoms with E-state index in [2.05, 4.69) is 40.3 Å². The molecule has 3 aromatic heterocycles. The van der Waals surface area contributed by atoms with Crippen LogP contribution in [0.15, 0.2) is 23.8 Å². The van der Waals surface area contributed by atoms with Crippen LogP contribution in [0.25, 0.3) is 10.2 Å². The molecule has 0 radical (unpaired) electrons. The van der Waals surface area contributed by atoms with Crippen LogP contribution >= 0.6 is 11.3 Å². The van der Waals surface area contributed by atoms with E-state index in [0.717, 1.165) is 46.9 Å². The number of anilines is 1. The SMILES string of the molecule is CCc1nc(N2CCOC(C)(c3cnn(C)c3)C2)c2ccsc2n1. The predicted molar refractivity (Wildman–Crippen MR) is 95.5 cm³/mol. The maximum atomic E-state index is 6.13. The molecule has 1 fully saturated rings. The van der Waals surface area contributed by atoms with Gasteiger partial charge in [0.05, 0.1) is 24.7 Å². The van der Waals surface area contributed by atoms with E-state index in [1.165, 1.54) is 0 Å². The van der Waals surface area contributed by atoms with Gasteiger partial charge >= 0.3 is 0 Å². The average molecular weight is 343 g/mol. The third-order valence-electron chi connectivity index (χ3n) is 4.56. The maximum absolute atomic E-state index is 6.13. The highest BCUT2D eigenvalue weighted by Crippen LogP contribution is 2.34. The van der Waals surface area contributed by atoms with Crippen molar-refractivity contribution in [2.45, 2.75) is 25.9 Å². The number of hydrogen-bond donors (Lipinski definition) is 0. The van der Waals surface area contributed by atoms with Gasteiger partial charge in [-0.3, -0.25) is 4.68 Å². The number of aryl methyl sites for hydroxylation is 2. The van der Waals surface area contributed by atoms with Crippen molar-refractivity contribution in [3.05, 3.63) is 35.2 Å². The van der Waals surface area contributed by atoms with Crippen molar-refractivity contribution in [2.24, 2.45) is 7.05 Å². The number of hydrogen-bond acceptors (Lipinski definition) is 6. The predicted octanol–water partition coefficient (Wildman–Crippen LogP) is 2.74.